The summed E-state index contributed by atoms with van der Waals surface area (Å²) in [5, 5.41) is 3.09. The van der Waals surface area contributed by atoms with Crippen LogP contribution in [0.2, 0.25) is 0 Å². The number of amides is 2. The summed E-state index contributed by atoms with van der Waals surface area (Å²) in [7, 11) is 0.928. The zero-order valence-electron chi connectivity index (χ0n) is 11.4. The molecule has 23 heavy (non-hydrogen) atoms. The Labute approximate surface area is 125 Å². The number of hydrogen-bond donors (Lipinski definition) is 2. The molecule has 0 spiro atoms. The minimum atomic E-state index is -4.48. The lowest BCUT2D eigenvalue weighted by Gasteiger charge is -2.16. The topological polar surface area (TPSA) is 67.4 Å². The second-order valence-electron chi connectivity index (χ2n) is 4.17. The molecule has 2 amide bonds. The lowest BCUT2D eigenvalue weighted by molar-refractivity contribution is -0.123. The molecule has 1 aromatic carbocycles. The number of urea groups is 1. The highest BCUT2D eigenvalue weighted by Crippen LogP contribution is 2.22. The number of alkyl halides is 4. The van der Waals surface area contributed by atoms with Gasteiger partial charge in [-0.25, -0.2) is 27.2 Å². The predicted molar refractivity (Wildman–Crippen MR) is 65.7 cm³/mol. The number of ether oxygens (including phenoxy) is 1. The van der Waals surface area contributed by atoms with Gasteiger partial charge in [0.25, 0.3) is 0 Å². The van der Waals surface area contributed by atoms with E-state index in [4.69, 9.17) is 0 Å². The van der Waals surface area contributed by atoms with Crippen molar-refractivity contribution in [2.45, 2.75) is 12.3 Å². The molecule has 0 unspecified atom stereocenters. The van der Waals surface area contributed by atoms with Gasteiger partial charge in [-0.15, -0.1) is 0 Å². The quantitative estimate of drug-likeness (QED) is 0.638. The number of carbonyl (C=O) groups is 2. The zero-order valence-corrected chi connectivity index (χ0v) is 11.4. The Balaban J connectivity index is 2.84. The van der Waals surface area contributed by atoms with Crippen LogP contribution in [-0.2, 0) is 4.74 Å². The summed E-state index contributed by atoms with van der Waals surface area (Å²) in [4.78, 5) is 22.5. The Kier molecular flexibility index (Phi) is 5.82. The first-order valence-electron chi connectivity index (χ1n) is 5.86. The third kappa shape index (κ3) is 4.76. The van der Waals surface area contributed by atoms with E-state index in [-0.39, 0.29) is 6.07 Å². The fourth-order valence-corrected chi connectivity index (χ4v) is 1.35. The zero-order chi connectivity index (χ0) is 17.8. The van der Waals surface area contributed by atoms with E-state index in [9.17, 15) is 35.9 Å². The maximum absolute atomic E-state index is 13.5. The van der Waals surface area contributed by atoms with E-state index in [1.54, 1.807) is 5.32 Å². The van der Waals surface area contributed by atoms with Crippen molar-refractivity contribution in [2.24, 2.45) is 0 Å². The SMILES string of the molecule is COC(=O)c1cc(NC(=O)NCC(F)(F)C(F)F)c(F)cc1F. The van der Waals surface area contributed by atoms with Gasteiger partial charge in [0.05, 0.1) is 24.9 Å². The third-order valence-electron chi connectivity index (χ3n) is 2.51. The van der Waals surface area contributed by atoms with Gasteiger partial charge in [0.15, 0.2) is 0 Å². The van der Waals surface area contributed by atoms with Crippen molar-refractivity contribution in [1.82, 2.24) is 5.32 Å². The van der Waals surface area contributed by atoms with Gasteiger partial charge in [0.2, 0.25) is 0 Å². The fraction of sp³-hybridized carbons (Fsp3) is 0.333. The molecule has 5 nitrogen and oxygen atoms in total. The van der Waals surface area contributed by atoms with Crippen LogP contribution in [0.25, 0.3) is 0 Å². The summed E-state index contributed by atoms with van der Waals surface area (Å²) in [5.41, 5.74) is -1.45. The lowest BCUT2D eigenvalue weighted by Crippen LogP contribution is -2.43. The lowest BCUT2D eigenvalue weighted by atomic mass is 10.2. The molecule has 11 heteroatoms. The van der Waals surface area contributed by atoms with E-state index >= 15 is 0 Å². The predicted octanol–water partition coefficient (Wildman–Crippen LogP) is 2.77. The number of hydrogen-bond acceptors (Lipinski definition) is 3. The minimum absolute atomic E-state index is 0.260. The number of nitrogens with one attached hydrogen (secondary N) is 2. The Morgan fingerprint density at radius 3 is 2.35 bits per heavy atom. The second-order valence-corrected chi connectivity index (χ2v) is 4.17. The van der Waals surface area contributed by atoms with E-state index in [2.05, 4.69) is 4.74 Å². The highest BCUT2D eigenvalue weighted by Gasteiger charge is 2.40. The molecular formula is C12H10F6N2O3. The Morgan fingerprint density at radius 2 is 1.83 bits per heavy atom. The average Bonchev–Trinajstić information content (AvgIpc) is 2.47. The molecule has 0 aromatic heterocycles. The molecule has 0 aliphatic rings. The summed E-state index contributed by atoms with van der Waals surface area (Å²) in [5.74, 6) is -8.23. The first-order valence-corrected chi connectivity index (χ1v) is 5.86. The van der Waals surface area contributed by atoms with Crippen molar-refractivity contribution in [1.29, 1.82) is 0 Å². The normalized spacial score (nSPS) is 11.3. The van der Waals surface area contributed by atoms with Crippen molar-refractivity contribution in [2.75, 3.05) is 19.0 Å². The van der Waals surface area contributed by atoms with Crippen molar-refractivity contribution in [3.63, 3.8) is 0 Å². The minimum Gasteiger partial charge on any atom is -0.465 e. The molecule has 0 bridgehead atoms. The Hall–Kier alpha value is -2.46. The molecule has 0 fully saturated rings. The Morgan fingerprint density at radius 1 is 1.22 bits per heavy atom. The number of carbonyl (C=O) groups excluding carboxylic acids is 2. The molecule has 0 aliphatic heterocycles. The summed E-state index contributed by atoms with van der Waals surface area (Å²) in [6.07, 6.45) is -4.00. The van der Waals surface area contributed by atoms with Crippen LogP contribution in [-0.4, -0.2) is 38.0 Å². The molecule has 0 heterocycles. The van der Waals surface area contributed by atoms with E-state index in [0.717, 1.165) is 7.11 Å². The number of halogens is 6. The van der Waals surface area contributed by atoms with E-state index in [1.165, 1.54) is 5.32 Å². The van der Waals surface area contributed by atoms with Crippen LogP contribution in [0.1, 0.15) is 10.4 Å². The number of anilines is 1. The van der Waals surface area contributed by atoms with Crippen molar-refractivity contribution >= 4 is 17.7 Å². The van der Waals surface area contributed by atoms with Gasteiger partial charge >= 0.3 is 24.3 Å². The molecular weight excluding hydrogens is 334 g/mol. The van der Waals surface area contributed by atoms with E-state index < -0.39 is 53.8 Å². The molecule has 0 saturated carbocycles. The molecule has 1 rings (SSSR count). The summed E-state index contributed by atoms with van der Waals surface area (Å²) in [6, 6.07) is -0.622. The summed E-state index contributed by atoms with van der Waals surface area (Å²) >= 11 is 0. The van der Waals surface area contributed by atoms with E-state index in [1.807, 2.05) is 0 Å². The second kappa shape index (κ2) is 7.20. The Bertz CT molecular complexity index is 609. The first-order chi connectivity index (χ1) is 10.6. The van der Waals surface area contributed by atoms with Crippen LogP contribution in [0.5, 0.6) is 0 Å². The van der Waals surface area contributed by atoms with Gasteiger partial charge in [0.1, 0.15) is 11.6 Å². The number of esters is 1. The van der Waals surface area contributed by atoms with Gasteiger partial charge in [-0.3, -0.25) is 0 Å². The van der Waals surface area contributed by atoms with Gasteiger partial charge in [-0.2, -0.15) is 8.78 Å². The molecule has 128 valence electrons. The van der Waals surface area contributed by atoms with Crippen LogP contribution in [0, 0.1) is 11.6 Å². The van der Waals surface area contributed by atoms with Gasteiger partial charge in [-0.1, -0.05) is 0 Å². The largest absolute Gasteiger partial charge is 0.465 e. The van der Waals surface area contributed by atoms with Crippen LogP contribution in [0.4, 0.5) is 36.8 Å². The number of methoxy groups -OCH3 is 1. The molecule has 0 radical (unpaired) electrons. The van der Waals surface area contributed by atoms with Gasteiger partial charge in [-0.05, 0) is 6.07 Å². The number of benzene rings is 1. The van der Waals surface area contributed by atoms with Crippen LogP contribution >= 0.6 is 0 Å². The monoisotopic (exact) mass is 344 g/mol. The summed E-state index contributed by atoms with van der Waals surface area (Å²) < 4.78 is 80.1. The third-order valence-corrected chi connectivity index (χ3v) is 2.51. The first kappa shape index (κ1) is 18.6. The standard InChI is InChI=1S/C12H10F6N2O3/c1-23-9(21)5-2-8(7(14)3-6(5)13)20-11(22)19-4-12(17,18)10(15)16/h2-3,10H,4H2,1H3,(H2,19,20,22). The van der Waals surface area contributed by atoms with Crippen LogP contribution in [0.3, 0.4) is 0 Å². The maximum atomic E-state index is 13.5. The van der Waals surface area contributed by atoms with Crippen LogP contribution in [0.15, 0.2) is 12.1 Å². The highest BCUT2D eigenvalue weighted by atomic mass is 19.3. The smallest absolute Gasteiger partial charge is 0.340 e. The molecule has 2 N–H and O–H groups in total. The van der Waals surface area contributed by atoms with Crippen LogP contribution < -0.4 is 10.6 Å². The van der Waals surface area contributed by atoms with Crippen molar-refractivity contribution in [3.8, 4) is 0 Å². The summed E-state index contributed by atoms with van der Waals surface area (Å²) in [6.45, 7) is -1.71. The molecule has 0 saturated heterocycles. The highest BCUT2D eigenvalue weighted by molar-refractivity contribution is 5.94. The molecule has 0 atom stereocenters. The van der Waals surface area contributed by atoms with Crippen molar-refractivity contribution in [3.05, 3.63) is 29.3 Å². The maximum Gasteiger partial charge on any atom is 0.340 e. The molecule has 1 aromatic rings. The van der Waals surface area contributed by atoms with Gasteiger partial charge < -0.3 is 15.4 Å². The fourth-order valence-electron chi connectivity index (χ4n) is 1.35. The van der Waals surface area contributed by atoms with Crippen molar-refractivity contribution < 1.29 is 40.7 Å². The average molecular weight is 344 g/mol. The number of rotatable bonds is 5. The van der Waals surface area contributed by atoms with Gasteiger partial charge in [0, 0.05) is 6.07 Å². The van der Waals surface area contributed by atoms with E-state index in [0.29, 0.717) is 6.07 Å². The molecule has 0 aliphatic carbocycles.